The Hall–Kier alpha value is -2.20. The van der Waals surface area contributed by atoms with E-state index in [9.17, 15) is 18.0 Å². The normalized spacial score (nSPS) is 11.4. The fourth-order valence-electron chi connectivity index (χ4n) is 2.10. The van der Waals surface area contributed by atoms with Crippen LogP contribution < -0.4 is 0 Å². The number of ether oxygens (including phenoxy) is 1. The zero-order valence-corrected chi connectivity index (χ0v) is 16.7. The SMILES string of the molecule is CON(C)S(=O)(=O)c1cccc(C(=O)OCC(=O)c2ccc(SC)cc2)c1. The number of esters is 1. The molecule has 0 amide bonds. The molecule has 0 bridgehead atoms. The molecular formula is C18H19NO6S2. The largest absolute Gasteiger partial charge is 0.454 e. The molecule has 0 atom stereocenters. The third-order valence-corrected chi connectivity index (χ3v) is 6.13. The first kappa shape index (κ1) is 21.1. The number of hydrogen-bond donors (Lipinski definition) is 0. The van der Waals surface area contributed by atoms with Crippen LogP contribution in [-0.2, 0) is 19.6 Å². The van der Waals surface area contributed by atoms with Crippen molar-refractivity contribution >= 4 is 33.5 Å². The Balaban J connectivity index is 2.07. The van der Waals surface area contributed by atoms with E-state index in [4.69, 9.17) is 9.57 Å². The summed E-state index contributed by atoms with van der Waals surface area (Å²) < 4.78 is 30.2. The Morgan fingerprint density at radius 2 is 1.74 bits per heavy atom. The van der Waals surface area contributed by atoms with E-state index >= 15 is 0 Å². The van der Waals surface area contributed by atoms with Crippen LogP contribution in [0.15, 0.2) is 58.3 Å². The summed E-state index contributed by atoms with van der Waals surface area (Å²) in [6.45, 7) is -0.438. The van der Waals surface area contributed by atoms with E-state index in [1.165, 1.54) is 38.4 Å². The predicted molar refractivity (Wildman–Crippen MR) is 101 cm³/mol. The van der Waals surface area contributed by atoms with Crippen LogP contribution in [0.5, 0.6) is 0 Å². The van der Waals surface area contributed by atoms with Gasteiger partial charge in [-0.1, -0.05) is 22.7 Å². The van der Waals surface area contributed by atoms with Crippen LogP contribution in [0.3, 0.4) is 0 Å². The topological polar surface area (TPSA) is 90.0 Å². The first-order valence-corrected chi connectivity index (χ1v) is 10.4. The Kier molecular flexibility index (Phi) is 7.14. The van der Waals surface area contributed by atoms with Gasteiger partial charge in [0.15, 0.2) is 12.4 Å². The van der Waals surface area contributed by atoms with Gasteiger partial charge in [0.25, 0.3) is 10.0 Å². The number of nitrogens with zero attached hydrogens (tertiary/aromatic N) is 1. The van der Waals surface area contributed by atoms with Crippen molar-refractivity contribution in [2.24, 2.45) is 0 Å². The third-order valence-electron chi connectivity index (χ3n) is 3.71. The second-order valence-electron chi connectivity index (χ2n) is 5.35. The van der Waals surface area contributed by atoms with Gasteiger partial charge in [0, 0.05) is 17.5 Å². The molecule has 0 radical (unpaired) electrons. The van der Waals surface area contributed by atoms with Crippen molar-refractivity contribution in [2.45, 2.75) is 9.79 Å². The molecule has 2 rings (SSSR count). The molecule has 0 heterocycles. The van der Waals surface area contributed by atoms with Gasteiger partial charge in [-0.25, -0.2) is 13.2 Å². The second kappa shape index (κ2) is 9.14. The molecule has 0 unspecified atom stereocenters. The lowest BCUT2D eigenvalue weighted by Crippen LogP contribution is -2.26. The van der Waals surface area contributed by atoms with Crippen molar-refractivity contribution in [3.8, 4) is 0 Å². The van der Waals surface area contributed by atoms with Gasteiger partial charge in [-0.2, -0.15) is 0 Å². The molecular weight excluding hydrogens is 390 g/mol. The average Bonchev–Trinajstić information content (AvgIpc) is 2.71. The van der Waals surface area contributed by atoms with Crippen molar-refractivity contribution in [3.63, 3.8) is 0 Å². The standard InChI is InChI=1S/C18H19NO6S2/c1-19(24-2)27(22,23)16-6-4-5-14(11-16)18(21)25-12-17(20)13-7-9-15(26-3)10-8-13/h4-11H,12H2,1-3H3. The molecule has 144 valence electrons. The van der Waals surface area contributed by atoms with E-state index < -0.39 is 22.6 Å². The quantitative estimate of drug-likeness (QED) is 0.286. The molecule has 0 saturated carbocycles. The summed E-state index contributed by atoms with van der Waals surface area (Å²) in [5, 5.41) is 0. The van der Waals surface area contributed by atoms with Gasteiger partial charge in [0.05, 0.1) is 17.6 Å². The van der Waals surface area contributed by atoms with Gasteiger partial charge in [-0.15, -0.1) is 11.8 Å². The summed E-state index contributed by atoms with van der Waals surface area (Å²) >= 11 is 1.55. The molecule has 0 saturated heterocycles. The Labute approximate surface area is 162 Å². The number of benzene rings is 2. The summed E-state index contributed by atoms with van der Waals surface area (Å²) in [7, 11) is -1.44. The molecule has 0 aromatic heterocycles. The van der Waals surface area contributed by atoms with E-state index in [0.717, 1.165) is 4.90 Å². The number of Topliss-reactive ketones (excluding diaryl/α,β-unsaturated/α-hetero) is 1. The summed E-state index contributed by atoms with van der Waals surface area (Å²) in [4.78, 5) is 29.9. The lowest BCUT2D eigenvalue weighted by molar-refractivity contribution is -0.0258. The summed E-state index contributed by atoms with van der Waals surface area (Å²) in [6, 6.07) is 12.3. The maximum atomic E-state index is 12.2. The number of carbonyl (C=O) groups excluding carboxylic acids is 2. The van der Waals surface area contributed by atoms with E-state index in [0.29, 0.717) is 10.0 Å². The third kappa shape index (κ3) is 5.16. The molecule has 9 heteroatoms. The van der Waals surface area contributed by atoms with Crippen LogP contribution in [0.4, 0.5) is 0 Å². The predicted octanol–water partition coefficient (Wildman–Crippen LogP) is 2.63. The first-order chi connectivity index (χ1) is 12.8. The number of ketones is 1. The maximum absolute atomic E-state index is 12.2. The zero-order valence-electron chi connectivity index (χ0n) is 15.0. The minimum absolute atomic E-state index is 0.0195. The van der Waals surface area contributed by atoms with Gasteiger partial charge in [-0.3, -0.25) is 9.63 Å². The van der Waals surface area contributed by atoms with E-state index in [1.807, 2.05) is 6.26 Å². The summed E-state index contributed by atoms with van der Waals surface area (Å²) in [5.41, 5.74) is 0.449. The number of sulfonamides is 1. The molecule has 2 aromatic carbocycles. The molecule has 27 heavy (non-hydrogen) atoms. The summed E-state index contributed by atoms with van der Waals surface area (Å²) in [5.74, 6) is -1.14. The van der Waals surface area contributed by atoms with Crippen LogP contribution in [0.2, 0.25) is 0 Å². The number of thioether (sulfide) groups is 1. The Morgan fingerprint density at radius 3 is 2.33 bits per heavy atom. The number of rotatable bonds is 8. The molecule has 0 aliphatic carbocycles. The monoisotopic (exact) mass is 409 g/mol. The van der Waals surface area contributed by atoms with Crippen molar-refractivity contribution in [1.29, 1.82) is 0 Å². The number of hydroxylamine groups is 1. The molecule has 7 nitrogen and oxygen atoms in total. The smallest absolute Gasteiger partial charge is 0.338 e. The van der Waals surface area contributed by atoms with Gasteiger partial charge in [0.2, 0.25) is 0 Å². The summed E-state index contributed by atoms with van der Waals surface area (Å²) in [6.07, 6.45) is 1.93. The van der Waals surface area contributed by atoms with Gasteiger partial charge in [0.1, 0.15) is 0 Å². The minimum Gasteiger partial charge on any atom is -0.454 e. The van der Waals surface area contributed by atoms with Crippen molar-refractivity contribution in [1.82, 2.24) is 4.47 Å². The highest BCUT2D eigenvalue weighted by Crippen LogP contribution is 2.17. The van der Waals surface area contributed by atoms with Gasteiger partial charge < -0.3 is 4.74 Å². The Morgan fingerprint density at radius 1 is 1.07 bits per heavy atom. The van der Waals surface area contributed by atoms with Crippen LogP contribution in [0.1, 0.15) is 20.7 Å². The number of carbonyl (C=O) groups is 2. The van der Waals surface area contributed by atoms with Gasteiger partial charge >= 0.3 is 5.97 Å². The average molecular weight is 409 g/mol. The van der Waals surface area contributed by atoms with Crippen molar-refractivity contribution < 1.29 is 27.6 Å². The zero-order chi connectivity index (χ0) is 20.0. The second-order valence-corrected chi connectivity index (χ2v) is 8.17. The highest BCUT2D eigenvalue weighted by molar-refractivity contribution is 7.98. The molecule has 0 fully saturated rings. The number of hydrogen-bond acceptors (Lipinski definition) is 7. The molecule has 0 spiro atoms. The lowest BCUT2D eigenvalue weighted by Gasteiger charge is -2.14. The highest BCUT2D eigenvalue weighted by Gasteiger charge is 2.22. The fourth-order valence-corrected chi connectivity index (χ4v) is 3.53. The molecule has 0 aliphatic heterocycles. The van der Waals surface area contributed by atoms with Crippen molar-refractivity contribution in [3.05, 3.63) is 59.7 Å². The minimum atomic E-state index is -3.89. The van der Waals surface area contributed by atoms with Crippen LogP contribution in [-0.4, -0.2) is 51.7 Å². The molecule has 0 N–H and O–H groups in total. The maximum Gasteiger partial charge on any atom is 0.338 e. The lowest BCUT2D eigenvalue weighted by atomic mass is 10.1. The fraction of sp³-hybridized carbons (Fsp3) is 0.222. The van der Waals surface area contributed by atoms with Crippen LogP contribution in [0, 0.1) is 0 Å². The van der Waals surface area contributed by atoms with Crippen molar-refractivity contribution in [2.75, 3.05) is 27.0 Å². The van der Waals surface area contributed by atoms with Crippen LogP contribution in [0.25, 0.3) is 0 Å². The van der Waals surface area contributed by atoms with E-state index in [-0.39, 0.29) is 16.2 Å². The molecule has 2 aromatic rings. The van der Waals surface area contributed by atoms with E-state index in [1.54, 1.807) is 36.0 Å². The van der Waals surface area contributed by atoms with E-state index in [2.05, 4.69) is 0 Å². The highest BCUT2D eigenvalue weighted by atomic mass is 32.2. The van der Waals surface area contributed by atoms with Crippen LogP contribution >= 0.6 is 11.8 Å². The molecule has 0 aliphatic rings. The first-order valence-electron chi connectivity index (χ1n) is 7.77. The Bertz CT molecular complexity index is 925. The van der Waals surface area contributed by atoms with Gasteiger partial charge in [-0.05, 0) is 36.6 Å².